The lowest BCUT2D eigenvalue weighted by Crippen LogP contribution is -2.41. The number of halogens is 2. The second-order valence-electron chi connectivity index (χ2n) is 5.71. The van der Waals surface area contributed by atoms with Gasteiger partial charge in [-0.15, -0.1) is 0 Å². The second kappa shape index (κ2) is 6.93. The maximum Gasteiger partial charge on any atom is 0.263 e. The van der Waals surface area contributed by atoms with Crippen LogP contribution in [0.1, 0.15) is 6.92 Å². The van der Waals surface area contributed by atoms with Gasteiger partial charge < -0.3 is 9.64 Å². The summed E-state index contributed by atoms with van der Waals surface area (Å²) in [5.74, 6) is -1.52. The fourth-order valence-corrected chi connectivity index (χ4v) is 3.51. The van der Waals surface area contributed by atoms with Gasteiger partial charge in [0.05, 0.1) is 18.4 Å². The van der Waals surface area contributed by atoms with Gasteiger partial charge >= 0.3 is 0 Å². The Morgan fingerprint density at radius 1 is 1.24 bits per heavy atom. The first-order valence-corrected chi connectivity index (χ1v) is 9.14. The monoisotopic (exact) mass is 369 g/mol. The van der Waals surface area contributed by atoms with E-state index in [0.29, 0.717) is 25.5 Å². The Balaban J connectivity index is 1.77. The van der Waals surface area contributed by atoms with Crippen LogP contribution in [0.3, 0.4) is 0 Å². The minimum absolute atomic E-state index is 0.0648. The zero-order valence-corrected chi connectivity index (χ0v) is 14.3. The lowest BCUT2D eigenvalue weighted by atomic mass is 10.3. The average molecular weight is 369 g/mol. The lowest BCUT2D eigenvalue weighted by molar-refractivity contribution is 0.0529. The molecule has 9 heteroatoms. The number of sulfonamides is 1. The summed E-state index contributed by atoms with van der Waals surface area (Å²) in [4.78, 5) is 6.13. The predicted octanol–water partition coefficient (Wildman–Crippen LogP) is 2.39. The fourth-order valence-electron chi connectivity index (χ4n) is 2.52. The number of aromatic nitrogens is 1. The summed E-state index contributed by atoms with van der Waals surface area (Å²) in [7, 11) is -3.95. The minimum Gasteiger partial charge on any atom is -0.375 e. The number of rotatable bonds is 4. The maximum absolute atomic E-state index is 13.2. The van der Waals surface area contributed by atoms with E-state index in [4.69, 9.17) is 4.74 Å². The van der Waals surface area contributed by atoms with Crippen LogP contribution in [0.15, 0.2) is 41.4 Å². The van der Waals surface area contributed by atoms with E-state index in [0.717, 1.165) is 18.2 Å². The smallest absolute Gasteiger partial charge is 0.263 e. The van der Waals surface area contributed by atoms with E-state index in [9.17, 15) is 17.2 Å². The number of morpholine rings is 1. The van der Waals surface area contributed by atoms with Gasteiger partial charge in [-0.25, -0.2) is 22.2 Å². The summed E-state index contributed by atoms with van der Waals surface area (Å²) >= 11 is 0. The first-order chi connectivity index (χ1) is 11.8. The standard InChI is InChI=1S/C16H17F2N3O3S/c1-11-10-21(6-7-24-11)16-5-3-13(9-19-16)25(22,23)20-12-2-4-14(17)15(18)8-12/h2-5,8-9,11,20H,6-7,10H2,1H3. The van der Waals surface area contributed by atoms with Gasteiger partial charge in [0, 0.05) is 25.4 Å². The molecule has 0 amide bonds. The molecule has 1 fully saturated rings. The van der Waals surface area contributed by atoms with Crippen LogP contribution in [0.4, 0.5) is 20.3 Å². The number of pyridine rings is 1. The molecule has 1 unspecified atom stereocenters. The highest BCUT2D eigenvalue weighted by Gasteiger charge is 2.20. The van der Waals surface area contributed by atoms with Crippen molar-refractivity contribution in [2.75, 3.05) is 29.3 Å². The molecule has 134 valence electrons. The Bertz CT molecular complexity index is 859. The van der Waals surface area contributed by atoms with E-state index in [1.54, 1.807) is 6.07 Å². The Morgan fingerprint density at radius 3 is 2.68 bits per heavy atom. The van der Waals surface area contributed by atoms with Crippen LogP contribution < -0.4 is 9.62 Å². The molecule has 1 aromatic carbocycles. The van der Waals surface area contributed by atoms with Crippen molar-refractivity contribution in [2.24, 2.45) is 0 Å². The summed E-state index contributed by atoms with van der Waals surface area (Å²) < 4.78 is 58.5. The van der Waals surface area contributed by atoms with Gasteiger partial charge in [0.1, 0.15) is 10.7 Å². The van der Waals surface area contributed by atoms with Crippen molar-refractivity contribution in [3.05, 3.63) is 48.2 Å². The highest BCUT2D eigenvalue weighted by Crippen LogP contribution is 2.20. The second-order valence-corrected chi connectivity index (χ2v) is 7.40. The Hall–Kier alpha value is -2.26. The van der Waals surface area contributed by atoms with Crippen molar-refractivity contribution in [1.82, 2.24) is 4.98 Å². The molecular weight excluding hydrogens is 352 g/mol. The zero-order chi connectivity index (χ0) is 18.0. The molecule has 1 aliphatic rings. The normalized spacial score (nSPS) is 18.2. The molecule has 1 N–H and O–H groups in total. The summed E-state index contributed by atoms with van der Waals surface area (Å²) in [6, 6.07) is 5.81. The Labute approximate surface area is 144 Å². The quantitative estimate of drug-likeness (QED) is 0.896. The largest absolute Gasteiger partial charge is 0.375 e. The summed E-state index contributed by atoms with van der Waals surface area (Å²) in [6.45, 7) is 3.89. The van der Waals surface area contributed by atoms with Crippen LogP contribution in [0.25, 0.3) is 0 Å². The number of nitrogens with zero attached hydrogens (tertiary/aromatic N) is 2. The van der Waals surface area contributed by atoms with Crippen molar-refractivity contribution in [1.29, 1.82) is 0 Å². The van der Waals surface area contributed by atoms with Crippen molar-refractivity contribution >= 4 is 21.5 Å². The molecule has 3 rings (SSSR count). The van der Waals surface area contributed by atoms with Crippen LogP contribution in [-0.4, -0.2) is 39.2 Å². The number of benzene rings is 1. The van der Waals surface area contributed by atoms with Crippen LogP contribution in [-0.2, 0) is 14.8 Å². The molecule has 2 heterocycles. The fraction of sp³-hybridized carbons (Fsp3) is 0.312. The van der Waals surface area contributed by atoms with Crippen molar-refractivity contribution < 1.29 is 21.9 Å². The molecule has 1 aromatic heterocycles. The van der Waals surface area contributed by atoms with Gasteiger partial charge in [-0.1, -0.05) is 0 Å². The Morgan fingerprint density at radius 2 is 2.04 bits per heavy atom. The van der Waals surface area contributed by atoms with Gasteiger partial charge in [0.25, 0.3) is 10.0 Å². The molecule has 6 nitrogen and oxygen atoms in total. The molecule has 0 spiro atoms. The van der Waals surface area contributed by atoms with Crippen LogP contribution >= 0.6 is 0 Å². The molecule has 1 aliphatic heterocycles. The van der Waals surface area contributed by atoms with Gasteiger partial charge in [-0.2, -0.15) is 0 Å². The molecular formula is C16H17F2N3O3S. The van der Waals surface area contributed by atoms with Gasteiger partial charge in [-0.05, 0) is 31.2 Å². The van der Waals surface area contributed by atoms with Gasteiger partial charge in [-0.3, -0.25) is 4.72 Å². The van der Waals surface area contributed by atoms with Crippen LogP contribution in [0.2, 0.25) is 0 Å². The van der Waals surface area contributed by atoms with E-state index in [-0.39, 0.29) is 16.7 Å². The minimum atomic E-state index is -3.95. The predicted molar refractivity (Wildman–Crippen MR) is 89.0 cm³/mol. The van der Waals surface area contributed by atoms with Crippen molar-refractivity contribution in [3.63, 3.8) is 0 Å². The van der Waals surface area contributed by atoms with E-state index in [2.05, 4.69) is 9.71 Å². The number of anilines is 2. The highest BCUT2D eigenvalue weighted by atomic mass is 32.2. The molecule has 0 saturated carbocycles. The van der Waals surface area contributed by atoms with Crippen molar-refractivity contribution in [2.45, 2.75) is 17.9 Å². The SMILES string of the molecule is CC1CN(c2ccc(S(=O)(=O)Nc3ccc(F)c(F)c3)cn2)CCO1. The molecule has 25 heavy (non-hydrogen) atoms. The maximum atomic E-state index is 13.2. The molecule has 0 radical (unpaired) electrons. The molecule has 1 saturated heterocycles. The molecule has 1 atom stereocenters. The summed E-state index contributed by atoms with van der Waals surface area (Å²) in [5.41, 5.74) is -0.0648. The van der Waals surface area contributed by atoms with Gasteiger partial charge in [0.2, 0.25) is 0 Å². The van der Waals surface area contributed by atoms with Crippen LogP contribution in [0, 0.1) is 11.6 Å². The highest BCUT2D eigenvalue weighted by molar-refractivity contribution is 7.92. The van der Waals surface area contributed by atoms with E-state index in [1.807, 2.05) is 11.8 Å². The van der Waals surface area contributed by atoms with E-state index >= 15 is 0 Å². The number of hydrogen-bond acceptors (Lipinski definition) is 5. The average Bonchev–Trinajstić information content (AvgIpc) is 2.58. The third kappa shape index (κ3) is 4.05. The zero-order valence-electron chi connectivity index (χ0n) is 13.4. The number of nitrogens with one attached hydrogen (secondary N) is 1. The summed E-state index contributed by atoms with van der Waals surface area (Å²) in [5, 5.41) is 0. The van der Waals surface area contributed by atoms with Crippen LogP contribution in [0.5, 0.6) is 0 Å². The lowest BCUT2D eigenvalue weighted by Gasteiger charge is -2.32. The molecule has 2 aromatic rings. The number of ether oxygens (including phenoxy) is 1. The number of hydrogen-bond donors (Lipinski definition) is 1. The Kier molecular flexibility index (Phi) is 4.87. The summed E-state index contributed by atoms with van der Waals surface area (Å²) in [6.07, 6.45) is 1.31. The first-order valence-electron chi connectivity index (χ1n) is 7.65. The van der Waals surface area contributed by atoms with Crippen molar-refractivity contribution in [3.8, 4) is 0 Å². The first kappa shape index (κ1) is 17.6. The van der Waals surface area contributed by atoms with Gasteiger partial charge in [0.15, 0.2) is 11.6 Å². The third-order valence-electron chi connectivity index (χ3n) is 3.77. The van der Waals surface area contributed by atoms with E-state index in [1.165, 1.54) is 12.3 Å². The molecule has 0 aliphatic carbocycles. The topological polar surface area (TPSA) is 71.5 Å². The third-order valence-corrected chi connectivity index (χ3v) is 5.13. The molecule has 0 bridgehead atoms. The van der Waals surface area contributed by atoms with E-state index < -0.39 is 21.7 Å².